The molecule has 1 saturated heterocycles. The van der Waals surface area contributed by atoms with E-state index in [9.17, 15) is 9.59 Å². The van der Waals surface area contributed by atoms with E-state index in [1.165, 1.54) is 0 Å². The smallest absolute Gasteiger partial charge is 0.255 e. The van der Waals surface area contributed by atoms with Crippen LogP contribution in [0.4, 0.5) is 11.6 Å². The van der Waals surface area contributed by atoms with Crippen molar-refractivity contribution in [2.75, 3.05) is 36.5 Å². The Morgan fingerprint density at radius 2 is 2.15 bits per heavy atom. The molecule has 0 saturated carbocycles. The Morgan fingerprint density at radius 1 is 1.38 bits per heavy atom. The number of amides is 1. The van der Waals surface area contributed by atoms with Crippen molar-refractivity contribution < 1.29 is 9.53 Å². The van der Waals surface area contributed by atoms with Gasteiger partial charge >= 0.3 is 0 Å². The molecule has 0 aliphatic carbocycles. The van der Waals surface area contributed by atoms with Gasteiger partial charge in [0.15, 0.2) is 0 Å². The molecular formula is C18H21ClN4O3. The van der Waals surface area contributed by atoms with Crippen LogP contribution < -0.4 is 15.8 Å². The Labute approximate surface area is 156 Å². The van der Waals surface area contributed by atoms with E-state index in [1.54, 1.807) is 31.2 Å². The van der Waals surface area contributed by atoms with Gasteiger partial charge in [0, 0.05) is 41.5 Å². The molecule has 2 N–H and O–H groups in total. The number of aryl methyl sites for hydroxylation is 1. The lowest BCUT2D eigenvalue weighted by Crippen LogP contribution is -2.38. The standard InChI is InChI=1S/C18H21ClN4O3/c1-12-15(5-6-16(24)21-14-4-2-3-13(19)11-14)17(25)22-18(20-12)23-7-9-26-10-8-23/h2-4,11H,5-10H2,1H3,(H,21,24)(H,20,22,25). The monoisotopic (exact) mass is 376 g/mol. The fraction of sp³-hybridized carbons (Fsp3) is 0.389. The molecule has 1 aliphatic rings. The molecule has 1 aromatic carbocycles. The molecule has 26 heavy (non-hydrogen) atoms. The number of carbonyl (C=O) groups excluding carboxylic acids is 1. The van der Waals surface area contributed by atoms with E-state index in [1.807, 2.05) is 4.90 Å². The van der Waals surface area contributed by atoms with Crippen LogP contribution in [0.2, 0.25) is 5.02 Å². The fourth-order valence-corrected chi connectivity index (χ4v) is 3.03. The summed E-state index contributed by atoms with van der Waals surface area (Å²) in [6, 6.07) is 6.94. The van der Waals surface area contributed by atoms with E-state index in [0.717, 1.165) is 0 Å². The topological polar surface area (TPSA) is 87.3 Å². The Balaban J connectivity index is 1.64. The molecule has 1 amide bonds. The van der Waals surface area contributed by atoms with Gasteiger partial charge in [0.05, 0.1) is 13.2 Å². The number of hydrogen-bond donors (Lipinski definition) is 2. The van der Waals surface area contributed by atoms with Gasteiger partial charge in [-0.15, -0.1) is 0 Å². The largest absolute Gasteiger partial charge is 0.378 e. The van der Waals surface area contributed by atoms with Crippen LogP contribution in [0.15, 0.2) is 29.1 Å². The van der Waals surface area contributed by atoms with Crippen LogP contribution in [0, 0.1) is 6.92 Å². The maximum atomic E-state index is 12.4. The lowest BCUT2D eigenvalue weighted by molar-refractivity contribution is -0.116. The lowest BCUT2D eigenvalue weighted by Gasteiger charge is -2.27. The Hall–Kier alpha value is -2.38. The average Bonchev–Trinajstić information content (AvgIpc) is 2.61. The molecule has 0 bridgehead atoms. The van der Waals surface area contributed by atoms with Crippen LogP contribution in [0.3, 0.4) is 0 Å². The van der Waals surface area contributed by atoms with Crippen LogP contribution in [0.1, 0.15) is 17.7 Å². The average molecular weight is 377 g/mol. The maximum Gasteiger partial charge on any atom is 0.255 e. The van der Waals surface area contributed by atoms with Crippen molar-refractivity contribution in [2.45, 2.75) is 19.8 Å². The molecule has 1 fully saturated rings. The molecule has 2 aromatic rings. The maximum absolute atomic E-state index is 12.4. The van der Waals surface area contributed by atoms with Gasteiger partial charge in [0.1, 0.15) is 0 Å². The second-order valence-corrected chi connectivity index (χ2v) is 6.55. The van der Waals surface area contributed by atoms with Crippen LogP contribution >= 0.6 is 11.6 Å². The highest BCUT2D eigenvalue weighted by Gasteiger charge is 2.16. The first-order valence-electron chi connectivity index (χ1n) is 8.51. The van der Waals surface area contributed by atoms with Crippen LogP contribution in [0.5, 0.6) is 0 Å². The van der Waals surface area contributed by atoms with Crippen molar-refractivity contribution in [1.29, 1.82) is 0 Å². The second kappa shape index (κ2) is 8.33. The Bertz CT molecular complexity index is 847. The molecule has 2 heterocycles. The number of halogens is 1. The van der Waals surface area contributed by atoms with Crippen molar-refractivity contribution in [3.8, 4) is 0 Å². The lowest BCUT2D eigenvalue weighted by atomic mass is 10.1. The zero-order chi connectivity index (χ0) is 18.5. The van der Waals surface area contributed by atoms with Gasteiger partial charge in [-0.05, 0) is 31.5 Å². The number of nitrogens with one attached hydrogen (secondary N) is 2. The van der Waals surface area contributed by atoms with E-state index in [2.05, 4.69) is 15.3 Å². The number of benzene rings is 1. The molecule has 3 rings (SSSR count). The van der Waals surface area contributed by atoms with E-state index < -0.39 is 0 Å². The van der Waals surface area contributed by atoms with E-state index in [4.69, 9.17) is 16.3 Å². The van der Waals surface area contributed by atoms with Crippen molar-refractivity contribution in [2.24, 2.45) is 0 Å². The van der Waals surface area contributed by atoms with Crippen LogP contribution in [-0.2, 0) is 16.0 Å². The molecule has 1 aromatic heterocycles. The number of carbonyl (C=O) groups is 1. The number of H-pyrrole nitrogens is 1. The van der Waals surface area contributed by atoms with Crippen LogP contribution in [0.25, 0.3) is 0 Å². The second-order valence-electron chi connectivity index (χ2n) is 6.11. The summed E-state index contributed by atoms with van der Waals surface area (Å²) in [7, 11) is 0. The first kappa shape index (κ1) is 18.4. The number of ether oxygens (including phenoxy) is 1. The number of aromatic nitrogens is 2. The number of hydrogen-bond acceptors (Lipinski definition) is 5. The third kappa shape index (κ3) is 4.62. The zero-order valence-corrected chi connectivity index (χ0v) is 15.3. The summed E-state index contributed by atoms with van der Waals surface area (Å²) in [4.78, 5) is 33.9. The first-order valence-corrected chi connectivity index (χ1v) is 8.88. The quantitative estimate of drug-likeness (QED) is 0.834. The first-order chi connectivity index (χ1) is 12.5. The van der Waals surface area contributed by atoms with Gasteiger partial charge in [0.25, 0.3) is 5.56 Å². The molecule has 0 atom stereocenters. The third-order valence-corrected chi connectivity index (χ3v) is 4.47. The number of morpholine rings is 1. The predicted octanol–water partition coefficient (Wildman–Crippen LogP) is 2.14. The molecule has 7 nitrogen and oxygen atoms in total. The summed E-state index contributed by atoms with van der Waals surface area (Å²) in [6.07, 6.45) is 0.513. The van der Waals surface area contributed by atoms with E-state index in [0.29, 0.717) is 60.6 Å². The number of anilines is 2. The SMILES string of the molecule is Cc1nc(N2CCOCC2)[nH]c(=O)c1CCC(=O)Nc1cccc(Cl)c1. The molecule has 0 unspecified atom stereocenters. The summed E-state index contributed by atoms with van der Waals surface area (Å²) >= 11 is 5.90. The van der Waals surface area contributed by atoms with Gasteiger partial charge in [-0.1, -0.05) is 17.7 Å². The molecular weight excluding hydrogens is 356 g/mol. The number of aromatic amines is 1. The van der Waals surface area contributed by atoms with E-state index in [-0.39, 0.29) is 17.9 Å². The molecule has 0 spiro atoms. The van der Waals surface area contributed by atoms with Crippen molar-refractivity contribution in [3.05, 3.63) is 50.9 Å². The predicted molar refractivity (Wildman–Crippen MR) is 101 cm³/mol. The number of rotatable bonds is 5. The fourth-order valence-electron chi connectivity index (χ4n) is 2.84. The van der Waals surface area contributed by atoms with Gasteiger partial charge in [-0.25, -0.2) is 4.98 Å². The van der Waals surface area contributed by atoms with E-state index >= 15 is 0 Å². The molecule has 1 aliphatic heterocycles. The Kier molecular flexibility index (Phi) is 5.90. The van der Waals surface area contributed by atoms with Gasteiger partial charge in [0.2, 0.25) is 11.9 Å². The normalized spacial score (nSPS) is 14.3. The van der Waals surface area contributed by atoms with Crippen LogP contribution in [-0.4, -0.2) is 42.2 Å². The Morgan fingerprint density at radius 3 is 2.85 bits per heavy atom. The summed E-state index contributed by atoms with van der Waals surface area (Å²) in [6.45, 7) is 4.43. The van der Waals surface area contributed by atoms with Crippen molar-refractivity contribution in [1.82, 2.24) is 9.97 Å². The summed E-state index contributed by atoms with van der Waals surface area (Å²) in [5, 5.41) is 3.33. The van der Waals surface area contributed by atoms with Gasteiger partial charge in [-0.2, -0.15) is 0 Å². The minimum absolute atomic E-state index is 0.177. The minimum Gasteiger partial charge on any atom is -0.378 e. The third-order valence-electron chi connectivity index (χ3n) is 4.23. The molecule has 138 valence electrons. The van der Waals surface area contributed by atoms with Crippen molar-refractivity contribution in [3.63, 3.8) is 0 Å². The highest BCUT2D eigenvalue weighted by atomic mass is 35.5. The summed E-state index contributed by atoms with van der Waals surface area (Å²) in [5.74, 6) is 0.381. The molecule has 8 heteroatoms. The molecule has 0 radical (unpaired) electrons. The van der Waals surface area contributed by atoms with Gasteiger partial charge < -0.3 is 15.0 Å². The number of nitrogens with zero attached hydrogens (tertiary/aromatic N) is 2. The highest BCUT2D eigenvalue weighted by Crippen LogP contribution is 2.16. The van der Waals surface area contributed by atoms with Crippen molar-refractivity contribution >= 4 is 29.1 Å². The summed E-state index contributed by atoms with van der Waals surface area (Å²) in [5.41, 5.74) is 1.61. The zero-order valence-electron chi connectivity index (χ0n) is 14.5. The van der Waals surface area contributed by atoms with Gasteiger partial charge in [-0.3, -0.25) is 14.6 Å². The highest BCUT2D eigenvalue weighted by molar-refractivity contribution is 6.30. The summed E-state index contributed by atoms with van der Waals surface area (Å²) < 4.78 is 5.31. The minimum atomic E-state index is -0.199.